The minimum atomic E-state index is -0.0862. The number of hydrogen-bond donors (Lipinski definition) is 1. The number of rotatable bonds is 4. The van der Waals surface area contributed by atoms with Crippen LogP contribution in [0.2, 0.25) is 0 Å². The first-order valence-electron chi connectivity index (χ1n) is 9.63. The van der Waals surface area contributed by atoms with Crippen LogP contribution in [0.5, 0.6) is 0 Å². The zero-order valence-electron chi connectivity index (χ0n) is 15.9. The third-order valence-electron chi connectivity index (χ3n) is 5.18. The highest BCUT2D eigenvalue weighted by Gasteiger charge is 2.23. The Bertz CT molecular complexity index is 1050. The first kappa shape index (κ1) is 18.3. The molecule has 0 amide bonds. The maximum Gasteiger partial charge on any atom is 0.255 e. The highest BCUT2D eigenvalue weighted by atomic mass is 32.1. The van der Waals surface area contributed by atoms with Crippen LogP contribution in [-0.2, 0) is 24.2 Å². The van der Waals surface area contributed by atoms with Gasteiger partial charge in [-0.05, 0) is 0 Å². The summed E-state index contributed by atoms with van der Waals surface area (Å²) in [7, 11) is 0. The molecule has 0 saturated carbocycles. The zero-order valence-corrected chi connectivity index (χ0v) is 16.7. The predicted octanol–water partition coefficient (Wildman–Crippen LogP) is 1.08. The fourth-order valence-corrected chi connectivity index (χ4v) is 4.67. The van der Waals surface area contributed by atoms with Gasteiger partial charge in [0.25, 0.3) is 5.56 Å². The van der Waals surface area contributed by atoms with E-state index >= 15 is 0 Å². The Morgan fingerprint density at radius 2 is 1.97 bits per heavy atom. The summed E-state index contributed by atoms with van der Waals surface area (Å²) >= 11 is 1.72. The van der Waals surface area contributed by atoms with Crippen molar-refractivity contribution >= 4 is 16.5 Å². The first-order chi connectivity index (χ1) is 14.3. The van der Waals surface area contributed by atoms with Crippen molar-refractivity contribution in [2.75, 3.05) is 37.7 Å². The molecule has 0 spiro atoms. The molecule has 0 unspecified atom stereocenters. The third kappa shape index (κ3) is 3.91. The van der Waals surface area contributed by atoms with Gasteiger partial charge in [0.2, 0.25) is 0 Å². The topological polar surface area (TPSA) is 100 Å². The summed E-state index contributed by atoms with van der Waals surface area (Å²) in [5, 5.41) is 1.05. The van der Waals surface area contributed by atoms with Gasteiger partial charge in [-0.2, -0.15) is 0 Å². The number of morpholine rings is 1. The van der Waals surface area contributed by atoms with Crippen molar-refractivity contribution in [2.24, 2.45) is 0 Å². The molecule has 2 aliphatic heterocycles. The Hall–Kier alpha value is -2.69. The Morgan fingerprint density at radius 3 is 2.79 bits per heavy atom. The van der Waals surface area contributed by atoms with E-state index in [4.69, 9.17) is 4.74 Å². The van der Waals surface area contributed by atoms with Gasteiger partial charge in [0.05, 0.1) is 30.0 Å². The number of thiazole rings is 1. The van der Waals surface area contributed by atoms with E-state index in [9.17, 15) is 4.79 Å². The zero-order chi connectivity index (χ0) is 19.6. The molecule has 5 rings (SSSR count). The van der Waals surface area contributed by atoms with Crippen LogP contribution in [-0.4, -0.2) is 62.7 Å². The van der Waals surface area contributed by atoms with Gasteiger partial charge in [0, 0.05) is 62.6 Å². The second kappa shape index (κ2) is 7.97. The molecule has 2 aliphatic rings. The Balaban J connectivity index is 1.30. The van der Waals surface area contributed by atoms with Crippen molar-refractivity contribution in [1.82, 2.24) is 29.8 Å². The fraction of sp³-hybridized carbons (Fsp3) is 0.421. The van der Waals surface area contributed by atoms with Gasteiger partial charge in [-0.3, -0.25) is 9.69 Å². The second-order valence-corrected chi connectivity index (χ2v) is 8.23. The number of hydrogen-bond acceptors (Lipinski definition) is 9. The first-order valence-corrected chi connectivity index (χ1v) is 10.4. The maximum atomic E-state index is 12.7. The molecule has 0 aromatic carbocycles. The standard InChI is InChI=1S/C19H21N7O2S/c27-18-15-11-25(10-14-9-22-19(29-14)26-3-5-28-6-4-26)2-1-16(15)23-17(24-18)13-7-20-12-21-8-13/h7-9,12H,1-6,10-11H2,(H,23,24,27). The van der Waals surface area contributed by atoms with E-state index in [1.807, 2.05) is 6.20 Å². The van der Waals surface area contributed by atoms with Crippen LogP contribution in [0.15, 0.2) is 29.7 Å². The molecule has 0 bridgehead atoms. The van der Waals surface area contributed by atoms with Gasteiger partial charge in [0.15, 0.2) is 5.13 Å². The van der Waals surface area contributed by atoms with Crippen molar-refractivity contribution in [3.05, 3.63) is 51.4 Å². The molecule has 1 saturated heterocycles. The molecular weight excluding hydrogens is 390 g/mol. The summed E-state index contributed by atoms with van der Waals surface area (Å²) in [5.74, 6) is 0.528. The average molecular weight is 411 g/mol. The van der Waals surface area contributed by atoms with Crippen LogP contribution in [0, 0.1) is 0 Å². The number of H-pyrrole nitrogens is 1. The van der Waals surface area contributed by atoms with E-state index < -0.39 is 0 Å². The molecule has 3 aromatic heterocycles. The van der Waals surface area contributed by atoms with Gasteiger partial charge in [0.1, 0.15) is 12.2 Å². The van der Waals surface area contributed by atoms with Crippen molar-refractivity contribution in [3.63, 3.8) is 0 Å². The number of fused-ring (bicyclic) bond motifs is 1. The number of aromatic nitrogens is 5. The monoisotopic (exact) mass is 411 g/mol. The van der Waals surface area contributed by atoms with E-state index in [2.05, 4.69) is 34.7 Å². The van der Waals surface area contributed by atoms with E-state index in [0.29, 0.717) is 12.4 Å². The largest absolute Gasteiger partial charge is 0.378 e. The molecule has 5 heterocycles. The molecule has 1 fully saturated rings. The minimum absolute atomic E-state index is 0.0862. The lowest BCUT2D eigenvalue weighted by Gasteiger charge is -2.27. The summed E-state index contributed by atoms with van der Waals surface area (Å²) in [4.78, 5) is 38.6. The van der Waals surface area contributed by atoms with Gasteiger partial charge in [-0.25, -0.2) is 19.9 Å². The smallest absolute Gasteiger partial charge is 0.255 e. The molecule has 9 nitrogen and oxygen atoms in total. The minimum Gasteiger partial charge on any atom is -0.378 e. The van der Waals surface area contributed by atoms with Gasteiger partial charge < -0.3 is 14.6 Å². The Kier molecular flexibility index (Phi) is 5.04. The van der Waals surface area contributed by atoms with Crippen molar-refractivity contribution in [1.29, 1.82) is 0 Å². The SMILES string of the molecule is O=c1[nH]c(-c2cncnc2)nc2c1CN(Cc1cnc(N3CCOCC3)s1)CC2. The predicted molar refractivity (Wildman–Crippen MR) is 109 cm³/mol. The Labute approximate surface area is 171 Å². The van der Waals surface area contributed by atoms with Gasteiger partial charge in [-0.15, -0.1) is 11.3 Å². The lowest BCUT2D eigenvalue weighted by Crippen LogP contribution is -2.36. The third-order valence-corrected chi connectivity index (χ3v) is 6.23. The van der Waals surface area contributed by atoms with Gasteiger partial charge >= 0.3 is 0 Å². The normalized spacial score (nSPS) is 17.3. The van der Waals surface area contributed by atoms with Crippen molar-refractivity contribution in [2.45, 2.75) is 19.5 Å². The molecule has 150 valence electrons. The number of ether oxygens (including phenoxy) is 1. The highest BCUT2D eigenvalue weighted by molar-refractivity contribution is 7.15. The van der Waals surface area contributed by atoms with Crippen LogP contribution < -0.4 is 10.5 Å². The van der Waals surface area contributed by atoms with E-state index in [-0.39, 0.29) is 5.56 Å². The second-order valence-electron chi connectivity index (χ2n) is 7.14. The number of nitrogens with zero attached hydrogens (tertiary/aromatic N) is 6. The fourth-order valence-electron chi connectivity index (χ4n) is 3.67. The number of aromatic amines is 1. The maximum absolute atomic E-state index is 12.7. The lowest BCUT2D eigenvalue weighted by atomic mass is 10.1. The van der Waals surface area contributed by atoms with Crippen LogP contribution >= 0.6 is 11.3 Å². The molecule has 0 aliphatic carbocycles. The van der Waals surface area contributed by atoms with Crippen LogP contribution in [0.1, 0.15) is 16.1 Å². The summed E-state index contributed by atoms with van der Waals surface area (Å²) in [6.07, 6.45) is 7.47. The summed E-state index contributed by atoms with van der Waals surface area (Å²) in [6.45, 7) is 5.53. The van der Waals surface area contributed by atoms with E-state index in [1.165, 1.54) is 11.2 Å². The quantitative estimate of drug-likeness (QED) is 0.681. The van der Waals surface area contributed by atoms with E-state index in [0.717, 1.165) is 67.8 Å². The van der Waals surface area contributed by atoms with Crippen LogP contribution in [0.4, 0.5) is 5.13 Å². The summed E-state index contributed by atoms with van der Waals surface area (Å²) in [6, 6.07) is 0. The molecule has 1 N–H and O–H groups in total. The summed E-state index contributed by atoms with van der Waals surface area (Å²) in [5.41, 5.74) is 2.24. The summed E-state index contributed by atoms with van der Waals surface area (Å²) < 4.78 is 5.41. The molecule has 10 heteroatoms. The Morgan fingerprint density at radius 1 is 1.14 bits per heavy atom. The van der Waals surface area contributed by atoms with Crippen LogP contribution in [0.3, 0.4) is 0 Å². The van der Waals surface area contributed by atoms with Crippen molar-refractivity contribution < 1.29 is 4.74 Å². The number of anilines is 1. The van der Waals surface area contributed by atoms with Gasteiger partial charge in [-0.1, -0.05) is 0 Å². The molecule has 29 heavy (non-hydrogen) atoms. The average Bonchev–Trinajstić information content (AvgIpc) is 3.24. The molecule has 0 radical (unpaired) electrons. The molecule has 3 aromatic rings. The lowest BCUT2D eigenvalue weighted by molar-refractivity contribution is 0.122. The van der Waals surface area contributed by atoms with Crippen LogP contribution in [0.25, 0.3) is 11.4 Å². The molecule has 0 atom stereocenters. The van der Waals surface area contributed by atoms with E-state index in [1.54, 1.807) is 23.7 Å². The highest BCUT2D eigenvalue weighted by Crippen LogP contribution is 2.26. The molecular formula is C19H21N7O2S. The van der Waals surface area contributed by atoms with Crippen molar-refractivity contribution in [3.8, 4) is 11.4 Å². The number of nitrogens with one attached hydrogen (secondary N) is 1.